The Labute approximate surface area is 135 Å². The molecule has 23 heavy (non-hydrogen) atoms. The predicted octanol–water partition coefficient (Wildman–Crippen LogP) is 2.39. The lowest BCUT2D eigenvalue weighted by Crippen LogP contribution is -2.43. The van der Waals surface area contributed by atoms with Crippen molar-refractivity contribution in [3.8, 4) is 17.1 Å². The number of hydrogen-bond donors (Lipinski definition) is 1. The fourth-order valence-electron chi connectivity index (χ4n) is 3.64. The van der Waals surface area contributed by atoms with Crippen molar-refractivity contribution in [1.29, 1.82) is 0 Å². The Kier molecular flexibility index (Phi) is 3.58. The largest absolute Gasteiger partial charge is 0.496 e. The van der Waals surface area contributed by atoms with Crippen molar-refractivity contribution in [3.05, 3.63) is 42.2 Å². The van der Waals surface area contributed by atoms with E-state index in [2.05, 4.69) is 10.2 Å². The van der Waals surface area contributed by atoms with E-state index in [1.165, 1.54) is 6.42 Å². The summed E-state index contributed by atoms with van der Waals surface area (Å²) in [5, 5.41) is 3.11. The van der Waals surface area contributed by atoms with Crippen LogP contribution in [0.1, 0.15) is 17.0 Å². The molecular weight excluding hydrogens is 292 g/mol. The van der Waals surface area contributed by atoms with Gasteiger partial charge in [-0.2, -0.15) is 0 Å². The number of amides is 1. The van der Waals surface area contributed by atoms with Crippen LogP contribution in [0.5, 0.6) is 5.75 Å². The van der Waals surface area contributed by atoms with Crippen LogP contribution in [0.3, 0.4) is 0 Å². The Hall–Kier alpha value is -2.27. The molecule has 0 aliphatic carbocycles. The topological polar surface area (TPSA) is 54.7 Å². The molecule has 1 aromatic heterocycles. The highest BCUT2D eigenvalue weighted by Crippen LogP contribution is 2.31. The van der Waals surface area contributed by atoms with Gasteiger partial charge in [0.25, 0.3) is 5.91 Å². The zero-order valence-electron chi connectivity index (χ0n) is 13.1. The molecule has 3 heterocycles. The van der Waals surface area contributed by atoms with Crippen LogP contribution in [-0.2, 0) is 0 Å². The van der Waals surface area contributed by atoms with Crippen LogP contribution in [0.2, 0.25) is 0 Å². The molecule has 120 valence electrons. The highest BCUT2D eigenvalue weighted by molar-refractivity contribution is 5.92. The number of rotatable bonds is 4. The minimum atomic E-state index is -0.134. The summed E-state index contributed by atoms with van der Waals surface area (Å²) in [5.41, 5.74) is 0.847. The number of nitrogens with zero attached hydrogens (tertiary/aromatic N) is 1. The molecule has 2 fully saturated rings. The van der Waals surface area contributed by atoms with Crippen LogP contribution >= 0.6 is 0 Å². The maximum atomic E-state index is 12.4. The van der Waals surface area contributed by atoms with E-state index in [1.54, 1.807) is 13.2 Å². The van der Waals surface area contributed by atoms with E-state index in [9.17, 15) is 4.79 Å². The van der Waals surface area contributed by atoms with E-state index in [0.29, 0.717) is 17.4 Å². The van der Waals surface area contributed by atoms with Crippen molar-refractivity contribution in [1.82, 2.24) is 10.2 Å². The Morgan fingerprint density at radius 1 is 1.26 bits per heavy atom. The van der Waals surface area contributed by atoms with Crippen molar-refractivity contribution >= 4 is 5.91 Å². The molecule has 0 spiro atoms. The molecule has 2 aliphatic rings. The second kappa shape index (κ2) is 5.74. The molecule has 5 nitrogen and oxygen atoms in total. The average Bonchev–Trinajstić information content (AvgIpc) is 3.31. The lowest BCUT2D eigenvalue weighted by molar-refractivity contribution is 0.0897. The first-order valence-corrected chi connectivity index (χ1v) is 8.01. The SMILES string of the molecule is COc1ccccc1-c1ccc(C(=O)NC2CN3CC[C@H]2C3)o1. The molecule has 1 aromatic carbocycles. The van der Waals surface area contributed by atoms with E-state index in [1.807, 2.05) is 30.3 Å². The third kappa shape index (κ3) is 2.61. The van der Waals surface area contributed by atoms with Crippen LogP contribution in [0.15, 0.2) is 40.8 Å². The normalized spacial score (nSPS) is 25.5. The maximum absolute atomic E-state index is 12.4. The van der Waals surface area contributed by atoms with Gasteiger partial charge in [0, 0.05) is 19.1 Å². The number of piperidine rings is 1. The lowest BCUT2D eigenvalue weighted by Gasteiger charge is -2.22. The van der Waals surface area contributed by atoms with Gasteiger partial charge in [-0.15, -0.1) is 0 Å². The third-order valence-corrected chi connectivity index (χ3v) is 4.85. The van der Waals surface area contributed by atoms with E-state index in [0.717, 1.165) is 30.9 Å². The monoisotopic (exact) mass is 312 g/mol. The first-order chi connectivity index (χ1) is 11.2. The summed E-state index contributed by atoms with van der Waals surface area (Å²) in [6.07, 6.45) is 1.18. The Bertz CT molecular complexity index is 725. The second-order valence-electron chi connectivity index (χ2n) is 6.25. The number of benzene rings is 1. The summed E-state index contributed by atoms with van der Waals surface area (Å²) in [6.45, 7) is 3.22. The van der Waals surface area contributed by atoms with E-state index < -0.39 is 0 Å². The van der Waals surface area contributed by atoms with Gasteiger partial charge < -0.3 is 19.4 Å². The van der Waals surface area contributed by atoms with Crippen LogP contribution in [0.4, 0.5) is 0 Å². The fraction of sp³-hybridized carbons (Fsp3) is 0.389. The first-order valence-electron chi connectivity index (χ1n) is 8.01. The molecule has 2 bridgehead atoms. The molecule has 5 heteroatoms. The minimum Gasteiger partial charge on any atom is -0.496 e. The third-order valence-electron chi connectivity index (χ3n) is 4.85. The number of furan rings is 1. The van der Waals surface area contributed by atoms with Crippen molar-refractivity contribution in [3.63, 3.8) is 0 Å². The molecule has 0 saturated carbocycles. The number of fused-ring (bicyclic) bond motifs is 2. The highest BCUT2D eigenvalue weighted by Gasteiger charge is 2.38. The average molecular weight is 312 g/mol. The van der Waals surface area contributed by atoms with E-state index in [4.69, 9.17) is 9.15 Å². The molecule has 1 amide bonds. The van der Waals surface area contributed by atoms with Gasteiger partial charge in [-0.05, 0) is 43.1 Å². The Morgan fingerprint density at radius 3 is 2.87 bits per heavy atom. The number of carbonyl (C=O) groups excluding carboxylic acids is 1. The quantitative estimate of drug-likeness (QED) is 0.942. The van der Waals surface area contributed by atoms with Crippen molar-refractivity contribution in [2.24, 2.45) is 5.92 Å². The predicted molar refractivity (Wildman–Crippen MR) is 86.5 cm³/mol. The minimum absolute atomic E-state index is 0.134. The summed E-state index contributed by atoms with van der Waals surface area (Å²) in [5.74, 6) is 2.18. The second-order valence-corrected chi connectivity index (χ2v) is 6.25. The standard InChI is InChI=1S/C18H20N2O3/c1-22-15-5-3-2-4-13(15)16-6-7-17(23-16)18(21)19-14-11-20-9-8-12(14)10-20/h2-7,12,14H,8-11H2,1H3,(H,19,21)/t12-,14?/m0/s1. The van der Waals surface area contributed by atoms with Crippen LogP contribution in [0, 0.1) is 5.92 Å². The number of ether oxygens (including phenoxy) is 1. The Morgan fingerprint density at radius 2 is 2.13 bits per heavy atom. The number of hydrogen-bond acceptors (Lipinski definition) is 4. The molecule has 2 aliphatic heterocycles. The smallest absolute Gasteiger partial charge is 0.287 e. The summed E-state index contributed by atoms with van der Waals surface area (Å²) in [6, 6.07) is 11.4. The van der Waals surface area contributed by atoms with Crippen molar-refractivity contribution in [2.75, 3.05) is 26.7 Å². The van der Waals surface area contributed by atoms with Gasteiger partial charge in [0.1, 0.15) is 11.5 Å². The van der Waals surface area contributed by atoms with Gasteiger partial charge in [0.2, 0.25) is 0 Å². The first kappa shape index (κ1) is 14.3. The zero-order chi connectivity index (χ0) is 15.8. The van der Waals surface area contributed by atoms with Crippen LogP contribution in [0.25, 0.3) is 11.3 Å². The van der Waals surface area contributed by atoms with Gasteiger partial charge >= 0.3 is 0 Å². The Balaban J connectivity index is 1.50. The van der Waals surface area contributed by atoms with E-state index in [-0.39, 0.29) is 11.9 Å². The number of carbonyl (C=O) groups is 1. The molecular formula is C18H20N2O3. The summed E-state index contributed by atoms with van der Waals surface area (Å²) in [7, 11) is 1.62. The van der Waals surface area contributed by atoms with Crippen LogP contribution < -0.4 is 10.1 Å². The number of nitrogens with one attached hydrogen (secondary N) is 1. The molecule has 3 atom stereocenters. The molecule has 4 rings (SSSR count). The van der Waals surface area contributed by atoms with Crippen molar-refractivity contribution < 1.29 is 13.9 Å². The number of para-hydroxylation sites is 1. The fourth-order valence-corrected chi connectivity index (χ4v) is 3.64. The van der Waals surface area contributed by atoms with Crippen molar-refractivity contribution in [2.45, 2.75) is 12.5 Å². The molecule has 2 aromatic rings. The van der Waals surface area contributed by atoms with Gasteiger partial charge in [-0.3, -0.25) is 4.79 Å². The molecule has 2 unspecified atom stereocenters. The summed E-state index contributed by atoms with van der Waals surface area (Å²) < 4.78 is 11.1. The molecule has 0 radical (unpaired) electrons. The van der Waals surface area contributed by atoms with Gasteiger partial charge in [-0.25, -0.2) is 0 Å². The van der Waals surface area contributed by atoms with Crippen LogP contribution in [-0.4, -0.2) is 43.6 Å². The summed E-state index contributed by atoms with van der Waals surface area (Å²) >= 11 is 0. The maximum Gasteiger partial charge on any atom is 0.287 e. The van der Waals surface area contributed by atoms with E-state index >= 15 is 0 Å². The van der Waals surface area contributed by atoms with Gasteiger partial charge in [0.05, 0.1) is 12.7 Å². The number of methoxy groups -OCH3 is 1. The lowest BCUT2D eigenvalue weighted by atomic mass is 10.00. The zero-order valence-corrected chi connectivity index (χ0v) is 13.1. The highest BCUT2D eigenvalue weighted by atomic mass is 16.5. The molecule has 2 saturated heterocycles. The summed E-state index contributed by atoms with van der Waals surface area (Å²) in [4.78, 5) is 14.8. The molecule has 1 N–H and O–H groups in total. The van der Waals surface area contributed by atoms with Gasteiger partial charge in [-0.1, -0.05) is 12.1 Å². The van der Waals surface area contributed by atoms with Gasteiger partial charge in [0.15, 0.2) is 5.76 Å².